The summed E-state index contributed by atoms with van der Waals surface area (Å²) in [6.07, 6.45) is 5.56. The molecule has 0 unspecified atom stereocenters. The summed E-state index contributed by atoms with van der Waals surface area (Å²) in [7, 11) is 0. The number of carbonyl (C=O) groups is 1. The molecule has 1 aromatic rings. The van der Waals surface area contributed by atoms with E-state index in [0.29, 0.717) is 0 Å². The van der Waals surface area contributed by atoms with E-state index in [4.69, 9.17) is 16.3 Å². The van der Waals surface area contributed by atoms with E-state index in [0.717, 1.165) is 28.7 Å². The Bertz CT molecular complexity index is 438. The predicted molar refractivity (Wildman–Crippen MR) is 74.9 cm³/mol. The van der Waals surface area contributed by atoms with Crippen molar-refractivity contribution in [2.75, 3.05) is 6.61 Å². The summed E-state index contributed by atoms with van der Waals surface area (Å²) in [6, 6.07) is 3.76. The van der Waals surface area contributed by atoms with E-state index in [1.165, 1.54) is 17.4 Å². The molecule has 0 aliphatic carbocycles. The number of hydrogen-bond acceptors (Lipinski definition) is 3. The predicted octanol–water partition coefficient (Wildman–Crippen LogP) is 3.10. The minimum atomic E-state index is -0.0949. The van der Waals surface area contributed by atoms with Crippen molar-refractivity contribution in [1.29, 1.82) is 0 Å². The van der Waals surface area contributed by atoms with Gasteiger partial charge in [0.15, 0.2) is 0 Å². The number of carbonyl (C=O) groups excluding carboxylic acids is 1. The van der Waals surface area contributed by atoms with Gasteiger partial charge in [-0.25, -0.2) is 0 Å². The number of nitrogens with one attached hydrogen (secondary N) is 1. The third kappa shape index (κ3) is 3.83. The van der Waals surface area contributed by atoms with E-state index in [-0.39, 0.29) is 18.1 Å². The first kappa shape index (κ1) is 13.6. The summed E-state index contributed by atoms with van der Waals surface area (Å²) in [5.74, 6) is -0.0949. The molecule has 0 spiro atoms. The van der Waals surface area contributed by atoms with Crippen LogP contribution in [0.1, 0.15) is 24.6 Å². The maximum absolute atomic E-state index is 11.7. The number of hydrogen-bond donors (Lipinski definition) is 1. The highest BCUT2D eigenvalue weighted by Gasteiger charge is 2.22. The van der Waals surface area contributed by atoms with Crippen LogP contribution in [0.3, 0.4) is 0 Å². The van der Waals surface area contributed by atoms with Gasteiger partial charge in [0.05, 0.1) is 16.5 Å². The maximum atomic E-state index is 11.7. The zero-order valence-corrected chi connectivity index (χ0v) is 11.8. The van der Waals surface area contributed by atoms with Crippen molar-refractivity contribution in [2.45, 2.75) is 31.9 Å². The molecule has 2 atom stereocenters. The van der Waals surface area contributed by atoms with Crippen LogP contribution in [0.25, 0.3) is 6.08 Å². The minimum Gasteiger partial charge on any atom is -0.376 e. The van der Waals surface area contributed by atoms with Crippen molar-refractivity contribution in [1.82, 2.24) is 5.32 Å². The lowest BCUT2D eigenvalue weighted by Crippen LogP contribution is -2.39. The van der Waals surface area contributed by atoms with E-state index in [2.05, 4.69) is 5.32 Å². The molecule has 98 valence electrons. The van der Waals surface area contributed by atoms with Crippen molar-refractivity contribution >= 4 is 34.9 Å². The molecule has 1 aliphatic heterocycles. The van der Waals surface area contributed by atoms with Gasteiger partial charge in [-0.2, -0.15) is 0 Å². The van der Waals surface area contributed by atoms with Gasteiger partial charge in [0.1, 0.15) is 0 Å². The molecule has 2 heterocycles. The summed E-state index contributed by atoms with van der Waals surface area (Å²) in [6.45, 7) is 2.78. The number of ether oxygens (including phenoxy) is 1. The van der Waals surface area contributed by atoms with E-state index in [9.17, 15) is 4.79 Å². The van der Waals surface area contributed by atoms with Crippen LogP contribution in [0.4, 0.5) is 0 Å². The zero-order valence-electron chi connectivity index (χ0n) is 10.2. The smallest absolute Gasteiger partial charge is 0.244 e. The second-order valence-electron chi connectivity index (χ2n) is 4.32. The van der Waals surface area contributed by atoms with E-state index < -0.39 is 0 Å². The quantitative estimate of drug-likeness (QED) is 0.864. The van der Waals surface area contributed by atoms with E-state index in [1.54, 1.807) is 6.08 Å². The Hall–Kier alpha value is -0.840. The molecule has 0 radical (unpaired) electrons. The Balaban J connectivity index is 1.82. The lowest BCUT2D eigenvalue weighted by atomic mass is 10.1. The first-order valence-electron chi connectivity index (χ1n) is 6.00. The van der Waals surface area contributed by atoms with Gasteiger partial charge in [-0.1, -0.05) is 11.6 Å². The van der Waals surface area contributed by atoms with Crippen LogP contribution >= 0.6 is 22.9 Å². The molecule has 1 aromatic heterocycles. The number of thiophene rings is 1. The lowest BCUT2D eigenvalue weighted by Gasteiger charge is -2.18. The average molecular weight is 286 g/mol. The molecule has 0 aromatic carbocycles. The topological polar surface area (TPSA) is 38.3 Å². The summed E-state index contributed by atoms with van der Waals surface area (Å²) < 4.78 is 6.25. The van der Waals surface area contributed by atoms with Gasteiger partial charge >= 0.3 is 0 Å². The van der Waals surface area contributed by atoms with Crippen LogP contribution in [0.5, 0.6) is 0 Å². The highest BCUT2D eigenvalue weighted by Crippen LogP contribution is 2.22. The zero-order chi connectivity index (χ0) is 13.0. The fraction of sp³-hybridized carbons (Fsp3) is 0.462. The molecule has 5 heteroatoms. The molecule has 18 heavy (non-hydrogen) atoms. The van der Waals surface area contributed by atoms with Crippen LogP contribution in [0.2, 0.25) is 4.34 Å². The second kappa shape index (κ2) is 6.36. The summed E-state index contributed by atoms with van der Waals surface area (Å²) >= 11 is 7.26. The van der Waals surface area contributed by atoms with E-state index in [1.807, 2.05) is 19.1 Å². The van der Waals surface area contributed by atoms with Gasteiger partial charge in [0.2, 0.25) is 5.91 Å². The number of halogens is 1. The molecule has 1 amide bonds. The standard InChI is InChI=1S/C13H16ClNO2S/c1-9(11-3-2-8-17-11)15-13(16)7-5-10-4-6-12(14)18-10/h4-7,9,11H,2-3,8H2,1H3,(H,15,16)/b7-5+/t9-,11+/m0/s1. The Morgan fingerprint density at radius 3 is 3.11 bits per heavy atom. The molecule has 0 bridgehead atoms. The third-order valence-corrected chi connectivity index (χ3v) is 4.08. The highest BCUT2D eigenvalue weighted by molar-refractivity contribution is 7.17. The summed E-state index contributed by atoms with van der Waals surface area (Å²) in [5.41, 5.74) is 0. The lowest BCUT2D eigenvalue weighted by molar-refractivity contribution is -0.117. The molecular formula is C13H16ClNO2S. The SMILES string of the molecule is C[C@H](NC(=O)/C=C/c1ccc(Cl)s1)[C@H]1CCCO1. The Kier molecular flexibility index (Phi) is 4.80. The van der Waals surface area contributed by atoms with Gasteiger partial charge in [0.25, 0.3) is 0 Å². The van der Waals surface area contributed by atoms with Crippen LogP contribution in [-0.2, 0) is 9.53 Å². The molecular weight excluding hydrogens is 270 g/mol. The van der Waals surface area contributed by atoms with Crippen LogP contribution in [0.15, 0.2) is 18.2 Å². The monoisotopic (exact) mass is 285 g/mol. The van der Waals surface area contributed by atoms with Crippen molar-refractivity contribution in [2.24, 2.45) is 0 Å². The molecule has 0 saturated carbocycles. The number of rotatable bonds is 4. The fourth-order valence-electron chi connectivity index (χ4n) is 1.94. The van der Waals surface area contributed by atoms with Crippen LogP contribution in [-0.4, -0.2) is 24.7 Å². The Morgan fingerprint density at radius 2 is 2.50 bits per heavy atom. The summed E-state index contributed by atoms with van der Waals surface area (Å²) in [5, 5.41) is 2.92. The second-order valence-corrected chi connectivity index (χ2v) is 6.07. The van der Waals surface area contributed by atoms with Gasteiger partial charge in [-0.05, 0) is 38.0 Å². The minimum absolute atomic E-state index is 0.0524. The van der Waals surface area contributed by atoms with Crippen molar-refractivity contribution in [3.8, 4) is 0 Å². The highest BCUT2D eigenvalue weighted by atomic mass is 35.5. The Labute approximate surface area is 116 Å². The first-order chi connectivity index (χ1) is 8.65. The van der Waals surface area contributed by atoms with Gasteiger partial charge in [0, 0.05) is 17.6 Å². The molecule has 1 N–H and O–H groups in total. The molecule has 1 saturated heterocycles. The van der Waals surface area contributed by atoms with Crippen molar-refractivity contribution in [3.05, 3.63) is 27.4 Å². The average Bonchev–Trinajstić information content (AvgIpc) is 2.97. The van der Waals surface area contributed by atoms with Crippen molar-refractivity contribution < 1.29 is 9.53 Å². The van der Waals surface area contributed by atoms with Gasteiger partial charge < -0.3 is 10.1 Å². The number of amides is 1. The normalized spacial score (nSPS) is 21.3. The van der Waals surface area contributed by atoms with E-state index >= 15 is 0 Å². The molecule has 3 nitrogen and oxygen atoms in total. The molecule has 1 fully saturated rings. The van der Waals surface area contributed by atoms with Crippen molar-refractivity contribution in [3.63, 3.8) is 0 Å². The fourth-order valence-corrected chi connectivity index (χ4v) is 2.90. The van der Waals surface area contributed by atoms with Gasteiger partial charge in [-0.15, -0.1) is 11.3 Å². The van der Waals surface area contributed by atoms with Crippen LogP contribution in [0, 0.1) is 0 Å². The maximum Gasteiger partial charge on any atom is 0.244 e. The largest absolute Gasteiger partial charge is 0.376 e. The Morgan fingerprint density at radius 1 is 1.67 bits per heavy atom. The van der Waals surface area contributed by atoms with Crippen LogP contribution < -0.4 is 5.32 Å². The third-order valence-electron chi connectivity index (χ3n) is 2.89. The first-order valence-corrected chi connectivity index (χ1v) is 7.20. The molecule has 2 rings (SSSR count). The molecule has 1 aliphatic rings. The summed E-state index contributed by atoms with van der Waals surface area (Å²) in [4.78, 5) is 12.7. The van der Waals surface area contributed by atoms with Gasteiger partial charge in [-0.3, -0.25) is 4.79 Å².